The van der Waals surface area contributed by atoms with Gasteiger partial charge in [0.15, 0.2) is 0 Å². The van der Waals surface area contributed by atoms with Crippen molar-refractivity contribution in [1.29, 1.82) is 0 Å². The van der Waals surface area contributed by atoms with E-state index in [-0.39, 0.29) is 17.8 Å². The molecule has 2 aromatic rings. The van der Waals surface area contributed by atoms with E-state index >= 15 is 0 Å². The molecule has 1 atom stereocenters. The van der Waals surface area contributed by atoms with Crippen molar-refractivity contribution >= 4 is 5.91 Å². The molecule has 0 aromatic carbocycles. The third-order valence-corrected chi connectivity index (χ3v) is 3.78. The normalized spacial score (nSPS) is 17.5. The fourth-order valence-corrected chi connectivity index (χ4v) is 2.72. The number of amides is 1. The van der Waals surface area contributed by atoms with Crippen LogP contribution in [0.3, 0.4) is 0 Å². The van der Waals surface area contributed by atoms with Crippen LogP contribution >= 0.6 is 0 Å². The lowest BCUT2D eigenvalue weighted by Crippen LogP contribution is -2.32. The smallest absolute Gasteiger partial charge is 0.292 e. The summed E-state index contributed by atoms with van der Waals surface area (Å²) in [7, 11) is 2.99. The van der Waals surface area contributed by atoms with Crippen molar-refractivity contribution < 1.29 is 14.3 Å². The van der Waals surface area contributed by atoms with Crippen LogP contribution in [0.5, 0.6) is 11.8 Å². The number of rotatable bonds is 4. The number of methoxy groups -OCH3 is 2. The first-order valence-corrected chi connectivity index (χ1v) is 7.14. The summed E-state index contributed by atoms with van der Waals surface area (Å²) >= 11 is 0. The van der Waals surface area contributed by atoms with Crippen molar-refractivity contribution in [2.75, 3.05) is 20.8 Å². The number of hydrogen-bond acceptors (Lipinski definition) is 5. The van der Waals surface area contributed by atoms with Crippen LogP contribution < -0.4 is 9.47 Å². The number of hydrogen-bond donors (Lipinski definition) is 1. The van der Waals surface area contributed by atoms with E-state index in [0.29, 0.717) is 18.3 Å². The van der Waals surface area contributed by atoms with Gasteiger partial charge in [0.05, 0.1) is 26.3 Å². The Balaban J connectivity index is 1.90. The van der Waals surface area contributed by atoms with Crippen molar-refractivity contribution in [2.45, 2.75) is 18.9 Å². The second-order valence-electron chi connectivity index (χ2n) is 5.06. The van der Waals surface area contributed by atoms with Gasteiger partial charge in [0, 0.05) is 18.4 Å². The van der Waals surface area contributed by atoms with Crippen LogP contribution in [0.4, 0.5) is 0 Å². The summed E-state index contributed by atoms with van der Waals surface area (Å²) in [5.74, 6) is 0.501. The van der Waals surface area contributed by atoms with Crippen LogP contribution in [0.2, 0.25) is 0 Å². The fraction of sp³-hybridized carbons (Fsp3) is 0.400. The molecule has 0 saturated carbocycles. The van der Waals surface area contributed by atoms with Crippen LogP contribution in [0.25, 0.3) is 0 Å². The van der Waals surface area contributed by atoms with Gasteiger partial charge in [-0.3, -0.25) is 4.79 Å². The Morgan fingerprint density at radius 1 is 1.32 bits per heavy atom. The minimum absolute atomic E-state index is 0.0308. The molecule has 1 amide bonds. The van der Waals surface area contributed by atoms with Gasteiger partial charge in [-0.25, -0.2) is 0 Å². The monoisotopic (exact) mass is 302 g/mol. The number of aromatic amines is 1. The Morgan fingerprint density at radius 3 is 2.64 bits per heavy atom. The van der Waals surface area contributed by atoms with Crippen LogP contribution in [-0.2, 0) is 0 Å². The predicted molar refractivity (Wildman–Crippen MR) is 78.9 cm³/mol. The minimum atomic E-state index is -0.214. The molecule has 0 radical (unpaired) electrons. The Hall–Kier alpha value is -2.57. The largest absolute Gasteiger partial charge is 0.481 e. The van der Waals surface area contributed by atoms with Gasteiger partial charge in [-0.15, -0.1) is 0 Å². The first-order chi connectivity index (χ1) is 10.7. The summed E-state index contributed by atoms with van der Waals surface area (Å²) in [4.78, 5) is 26.0. The van der Waals surface area contributed by atoms with Crippen molar-refractivity contribution in [1.82, 2.24) is 19.9 Å². The molecule has 7 heteroatoms. The van der Waals surface area contributed by atoms with E-state index in [4.69, 9.17) is 9.47 Å². The van der Waals surface area contributed by atoms with Gasteiger partial charge in [0.2, 0.25) is 17.6 Å². The molecule has 3 rings (SSSR count). The number of likely N-dealkylation sites (tertiary alicyclic amines) is 1. The minimum Gasteiger partial charge on any atom is -0.481 e. The van der Waals surface area contributed by atoms with E-state index in [1.807, 2.05) is 18.3 Å². The molecule has 0 aliphatic carbocycles. The summed E-state index contributed by atoms with van der Waals surface area (Å²) in [6.07, 6.45) is 3.74. The molecule has 1 fully saturated rings. The van der Waals surface area contributed by atoms with E-state index in [1.54, 1.807) is 11.0 Å². The zero-order valence-corrected chi connectivity index (χ0v) is 12.6. The van der Waals surface area contributed by atoms with Gasteiger partial charge >= 0.3 is 0 Å². The molecule has 1 aliphatic rings. The number of carbonyl (C=O) groups is 1. The third-order valence-electron chi connectivity index (χ3n) is 3.78. The Bertz CT molecular complexity index is 635. The van der Waals surface area contributed by atoms with Gasteiger partial charge in [-0.05, 0) is 25.0 Å². The van der Waals surface area contributed by atoms with Crippen molar-refractivity contribution in [2.24, 2.45) is 0 Å². The molecule has 0 spiro atoms. The third kappa shape index (κ3) is 2.61. The van der Waals surface area contributed by atoms with E-state index in [2.05, 4.69) is 15.0 Å². The summed E-state index contributed by atoms with van der Waals surface area (Å²) in [6, 6.07) is 5.50. The summed E-state index contributed by atoms with van der Waals surface area (Å²) in [5, 5.41) is 0. The zero-order chi connectivity index (χ0) is 15.5. The molecule has 0 bridgehead atoms. The second kappa shape index (κ2) is 6.05. The lowest BCUT2D eigenvalue weighted by atomic mass is 10.1. The summed E-state index contributed by atoms with van der Waals surface area (Å²) < 4.78 is 10.2. The Kier molecular flexibility index (Phi) is 3.95. The van der Waals surface area contributed by atoms with Gasteiger partial charge in [0.1, 0.15) is 0 Å². The molecule has 116 valence electrons. The molecule has 1 saturated heterocycles. The molecule has 1 N–H and O–H groups in total. The van der Waals surface area contributed by atoms with Crippen molar-refractivity contribution in [3.63, 3.8) is 0 Å². The van der Waals surface area contributed by atoms with E-state index in [9.17, 15) is 4.79 Å². The van der Waals surface area contributed by atoms with Gasteiger partial charge in [0.25, 0.3) is 5.91 Å². The second-order valence-corrected chi connectivity index (χ2v) is 5.06. The van der Waals surface area contributed by atoms with Gasteiger partial charge in [-0.2, -0.15) is 9.97 Å². The average molecular weight is 302 g/mol. The molecule has 2 aromatic heterocycles. The quantitative estimate of drug-likeness (QED) is 0.931. The van der Waals surface area contributed by atoms with Gasteiger partial charge < -0.3 is 19.4 Å². The molecular formula is C15H18N4O3. The topological polar surface area (TPSA) is 80.3 Å². The standard InChI is InChI=1S/C15H18N4O3/c1-21-12-9-13(22-2)18-14(17-12)15(20)19-8-4-6-11(19)10-5-3-7-16-10/h3,5,7,9,11,16H,4,6,8H2,1-2H3. The predicted octanol–water partition coefficient (Wildman–Crippen LogP) is 1.80. The van der Waals surface area contributed by atoms with E-state index in [1.165, 1.54) is 14.2 Å². The van der Waals surface area contributed by atoms with Crippen LogP contribution in [0.1, 0.15) is 35.2 Å². The number of aromatic nitrogens is 3. The maximum atomic E-state index is 12.8. The Labute approximate surface area is 128 Å². The van der Waals surface area contributed by atoms with Crippen LogP contribution in [0, 0.1) is 0 Å². The number of ether oxygens (including phenoxy) is 2. The lowest BCUT2D eigenvalue weighted by Gasteiger charge is -2.23. The highest BCUT2D eigenvalue weighted by molar-refractivity contribution is 5.91. The first kappa shape index (κ1) is 14.4. The molecule has 3 heterocycles. The highest BCUT2D eigenvalue weighted by Gasteiger charge is 2.33. The molecule has 22 heavy (non-hydrogen) atoms. The highest BCUT2D eigenvalue weighted by Crippen LogP contribution is 2.32. The molecule has 1 aliphatic heterocycles. The van der Waals surface area contributed by atoms with Crippen LogP contribution in [0.15, 0.2) is 24.4 Å². The zero-order valence-electron chi connectivity index (χ0n) is 12.6. The van der Waals surface area contributed by atoms with Crippen LogP contribution in [-0.4, -0.2) is 46.5 Å². The first-order valence-electron chi connectivity index (χ1n) is 7.14. The number of carbonyl (C=O) groups excluding carboxylic acids is 1. The molecular weight excluding hydrogens is 284 g/mol. The number of nitrogens with one attached hydrogen (secondary N) is 1. The SMILES string of the molecule is COc1cc(OC)nc(C(=O)N2CCCC2c2ccc[nH]2)n1. The number of nitrogens with zero attached hydrogens (tertiary/aromatic N) is 3. The number of H-pyrrole nitrogens is 1. The van der Waals surface area contributed by atoms with Crippen molar-refractivity contribution in [3.8, 4) is 11.8 Å². The van der Waals surface area contributed by atoms with E-state index in [0.717, 1.165) is 18.5 Å². The van der Waals surface area contributed by atoms with Crippen molar-refractivity contribution in [3.05, 3.63) is 35.9 Å². The fourth-order valence-electron chi connectivity index (χ4n) is 2.72. The molecule has 1 unspecified atom stereocenters. The van der Waals surface area contributed by atoms with Gasteiger partial charge in [-0.1, -0.05) is 0 Å². The maximum Gasteiger partial charge on any atom is 0.292 e. The van der Waals surface area contributed by atoms with E-state index < -0.39 is 0 Å². The molecule has 7 nitrogen and oxygen atoms in total. The average Bonchev–Trinajstić information content (AvgIpc) is 3.23. The lowest BCUT2D eigenvalue weighted by molar-refractivity contribution is 0.0718. The summed E-state index contributed by atoms with van der Waals surface area (Å²) in [6.45, 7) is 0.686. The summed E-state index contributed by atoms with van der Waals surface area (Å²) in [5.41, 5.74) is 1.03. The Morgan fingerprint density at radius 2 is 2.05 bits per heavy atom. The maximum absolute atomic E-state index is 12.8. The highest BCUT2D eigenvalue weighted by atomic mass is 16.5.